The fourth-order valence-corrected chi connectivity index (χ4v) is 4.53. The highest BCUT2D eigenvalue weighted by Crippen LogP contribution is 2.27. The number of likely N-dealkylation sites (N-methyl/N-ethyl adjacent to an activating group) is 1. The molecule has 0 spiro atoms. The number of hydrogen-bond acceptors (Lipinski definition) is 6. The third-order valence-corrected chi connectivity index (χ3v) is 6.53. The SMILES string of the molecule is CCC(C)CN(C)CC1N(CC=O)C(=O)C(CC(C)C)ON1C(=O)OCC1CCCCC1. The Kier molecular flexibility index (Phi) is 10.9. The van der Waals surface area contributed by atoms with Crippen LogP contribution in [0.4, 0.5) is 4.79 Å². The van der Waals surface area contributed by atoms with Gasteiger partial charge in [-0.25, -0.2) is 4.79 Å². The molecule has 8 nitrogen and oxygen atoms in total. The average Bonchev–Trinajstić information content (AvgIpc) is 2.76. The van der Waals surface area contributed by atoms with Crippen LogP contribution in [0, 0.1) is 17.8 Å². The number of ether oxygens (including phenoxy) is 1. The maximum absolute atomic E-state index is 13.1. The van der Waals surface area contributed by atoms with Crippen LogP contribution in [0.3, 0.4) is 0 Å². The zero-order valence-electron chi connectivity index (χ0n) is 20.6. The molecular weight excluding hydrogens is 410 g/mol. The van der Waals surface area contributed by atoms with Gasteiger partial charge in [-0.1, -0.05) is 53.4 Å². The number of amides is 2. The molecule has 32 heavy (non-hydrogen) atoms. The van der Waals surface area contributed by atoms with E-state index in [9.17, 15) is 14.4 Å². The number of hydroxylamine groups is 2. The Hall–Kier alpha value is -1.67. The molecule has 2 rings (SSSR count). The zero-order chi connectivity index (χ0) is 23.7. The van der Waals surface area contributed by atoms with Crippen LogP contribution in [0.2, 0.25) is 0 Å². The van der Waals surface area contributed by atoms with E-state index >= 15 is 0 Å². The molecule has 0 radical (unpaired) electrons. The van der Waals surface area contributed by atoms with E-state index in [0.29, 0.717) is 37.7 Å². The summed E-state index contributed by atoms with van der Waals surface area (Å²) in [4.78, 5) is 47.2. The highest BCUT2D eigenvalue weighted by atomic mass is 16.7. The fourth-order valence-electron chi connectivity index (χ4n) is 4.53. The van der Waals surface area contributed by atoms with E-state index in [-0.39, 0.29) is 18.4 Å². The van der Waals surface area contributed by atoms with E-state index in [4.69, 9.17) is 9.57 Å². The molecular formula is C24H43N3O5. The van der Waals surface area contributed by atoms with Gasteiger partial charge in [-0.05, 0) is 44.1 Å². The summed E-state index contributed by atoms with van der Waals surface area (Å²) in [6, 6.07) is 0. The predicted molar refractivity (Wildman–Crippen MR) is 123 cm³/mol. The molecule has 3 unspecified atom stereocenters. The lowest BCUT2D eigenvalue weighted by molar-refractivity contribution is -0.257. The molecule has 0 N–H and O–H groups in total. The van der Waals surface area contributed by atoms with Gasteiger partial charge in [0.05, 0.1) is 13.2 Å². The lowest BCUT2D eigenvalue weighted by Gasteiger charge is -2.45. The predicted octanol–water partition coefficient (Wildman–Crippen LogP) is 3.70. The van der Waals surface area contributed by atoms with E-state index in [2.05, 4.69) is 18.7 Å². The Morgan fingerprint density at radius 3 is 2.53 bits per heavy atom. The Bertz CT molecular complexity index is 608. The zero-order valence-corrected chi connectivity index (χ0v) is 20.6. The Morgan fingerprint density at radius 1 is 1.25 bits per heavy atom. The summed E-state index contributed by atoms with van der Waals surface area (Å²) in [7, 11) is 1.96. The topological polar surface area (TPSA) is 79.4 Å². The summed E-state index contributed by atoms with van der Waals surface area (Å²) in [5.74, 6) is 0.805. The van der Waals surface area contributed by atoms with E-state index < -0.39 is 18.4 Å². The first kappa shape index (κ1) is 26.6. The van der Waals surface area contributed by atoms with Crippen molar-refractivity contribution < 1.29 is 24.0 Å². The molecule has 1 heterocycles. The van der Waals surface area contributed by atoms with Gasteiger partial charge in [0.25, 0.3) is 5.91 Å². The van der Waals surface area contributed by atoms with Crippen LogP contribution in [0.15, 0.2) is 0 Å². The van der Waals surface area contributed by atoms with Crippen LogP contribution in [0.25, 0.3) is 0 Å². The van der Waals surface area contributed by atoms with Gasteiger partial charge in [0.15, 0.2) is 6.10 Å². The third-order valence-electron chi connectivity index (χ3n) is 6.53. The second-order valence-electron chi connectivity index (χ2n) is 10.0. The second kappa shape index (κ2) is 13.1. The first-order chi connectivity index (χ1) is 15.3. The molecule has 1 aliphatic carbocycles. The maximum atomic E-state index is 13.1. The number of nitrogens with zero attached hydrogens (tertiary/aromatic N) is 3. The molecule has 1 saturated heterocycles. The first-order valence-corrected chi connectivity index (χ1v) is 12.3. The largest absolute Gasteiger partial charge is 0.448 e. The minimum atomic E-state index is -0.798. The molecule has 0 bridgehead atoms. The Labute approximate surface area is 193 Å². The first-order valence-electron chi connectivity index (χ1n) is 12.3. The third kappa shape index (κ3) is 7.73. The average molecular weight is 454 g/mol. The second-order valence-corrected chi connectivity index (χ2v) is 10.0. The molecule has 0 aromatic heterocycles. The van der Waals surface area contributed by atoms with E-state index in [1.807, 2.05) is 20.9 Å². The van der Waals surface area contributed by atoms with Crippen LogP contribution < -0.4 is 0 Å². The van der Waals surface area contributed by atoms with Crippen LogP contribution >= 0.6 is 0 Å². The summed E-state index contributed by atoms with van der Waals surface area (Å²) < 4.78 is 5.67. The van der Waals surface area contributed by atoms with Crippen LogP contribution in [-0.2, 0) is 19.2 Å². The molecule has 2 amide bonds. The standard InChI is InChI=1S/C24H43N3O5/c1-6-19(4)15-25(5)16-22-26(12-13-28)23(29)21(14-18(2)3)32-27(22)24(30)31-17-20-10-8-7-9-11-20/h13,18-22H,6-12,14-17H2,1-5H3. The Morgan fingerprint density at radius 2 is 1.94 bits per heavy atom. The summed E-state index contributed by atoms with van der Waals surface area (Å²) in [6.45, 7) is 9.78. The number of aldehydes is 1. The van der Waals surface area contributed by atoms with Gasteiger partial charge in [0, 0.05) is 13.1 Å². The highest BCUT2D eigenvalue weighted by molar-refractivity contribution is 5.84. The number of hydrogen-bond donors (Lipinski definition) is 0. The summed E-state index contributed by atoms with van der Waals surface area (Å²) in [5.41, 5.74) is 0. The minimum Gasteiger partial charge on any atom is -0.448 e. The normalized spacial score (nSPS) is 23.7. The molecule has 3 atom stereocenters. The van der Waals surface area contributed by atoms with Gasteiger partial charge in [-0.2, -0.15) is 5.06 Å². The van der Waals surface area contributed by atoms with Crippen molar-refractivity contribution in [3.05, 3.63) is 0 Å². The Balaban J connectivity index is 2.19. The number of rotatable bonds is 11. The van der Waals surface area contributed by atoms with Crippen LogP contribution in [0.1, 0.15) is 72.6 Å². The molecule has 0 aromatic carbocycles. The lowest BCUT2D eigenvalue weighted by Crippen LogP contribution is -2.65. The minimum absolute atomic E-state index is 0.0783. The van der Waals surface area contributed by atoms with E-state index in [0.717, 1.165) is 25.8 Å². The van der Waals surface area contributed by atoms with Crippen LogP contribution in [0.5, 0.6) is 0 Å². The molecule has 2 aliphatic rings. The van der Waals surface area contributed by atoms with Crippen molar-refractivity contribution in [3.63, 3.8) is 0 Å². The van der Waals surface area contributed by atoms with Gasteiger partial charge < -0.3 is 19.3 Å². The van der Waals surface area contributed by atoms with Crippen molar-refractivity contribution in [1.29, 1.82) is 0 Å². The smallest absolute Gasteiger partial charge is 0.436 e. The molecule has 1 aliphatic heterocycles. The quantitative estimate of drug-likeness (QED) is 0.444. The fraction of sp³-hybridized carbons (Fsp3) is 0.875. The summed E-state index contributed by atoms with van der Waals surface area (Å²) >= 11 is 0. The molecule has 184 valence electrons. The van der Waals surface area contributed by atoms with E-state index in [1.165, 1.54) is 29.2 Å². The molecule has 1 saturated carbocycles. The highest BCUT2D eigenvalue weighted by Gasteiger charge is 2.45. The van der Waals surface area contributed by atoms with Gasteiger partial charge in [0.1, 0.15) is 12.5 Å². The lowest BCUT2D eigenvalue weighted by atomic mass is 9.90. The maximum Gasteiger partial charge on any atom is 0.436 e. The van der Waals surface area contributed by atoms with Crippen molar-refractivity contribution in [2.24, 2.45) is 17.8 Å². The molecule has 0 aromatic rings. The van der Waals surface area contributed by atoms with Gasteiger partial charge >= 0.3 is 6.09 Å². The summed E-state index contributed by atoms with van der Waals surface area (Å²) in [5, 5.41) is 1.22. The number of carbonyl (C=O) groups is 3. The molecule has 2 fully saturated rings. The van der Waals surface area contributed by atoms with Crippen molar-refractivity contribution >= 4 is 18.3 Å². The van der Waals surface area contributed by atoms with Gasteiger partial charge in [0.2, 0.25) is 0 Å². The van der Waals surface area contributed by atoms with E-state index in [1.54, 1.807) is 0 Å². The van der Waals surface area contributed by atoms with Crippen molar-refractivity contribution in [2.75, 3.05) is 33.3 Å². The van der Waals surface area contributed by atoms with Gasteiger partial charge in [-0.15, -0.1) is 0 Å². The monoisotopic (exact) mass is 453 g/mol. The van der Waals surface area contributed by atoms with Crippen LogP contribution in [-0.4, -0.2) is 78.7 Å². The number of carbonyl (C=O) groups excluding carboxylic acids is 3. The van der Waals surface area contributed by atoms with Crippen molar-refractivity contribution in [1.82, 2.24) is 14.9 Å². The van der Waals surface area contributed by atoms with Gasteiger partial charge in [-0.3, -0.25) is 9.63 Å². The van der Waals surface area contributed by atoms with Crippen molar-refractivity contribution in [2.45, 2.75) is 84.9 Å². The molecule has 8 heteroatoms. The summed E-state index contributed by atoms with van der Waals surface area (Å²) in [6.07, 6.45) is 5.86. The van der Waals surface area contributed by atoms with Crippen molar-refractivity contribution in [3.8, 4) is 0 Å².